The fourth-order valence-electron chi connectivity index (χ4n) is 0. The average Bonchev–Trinajstić information content (AvgIpc) is 0. The second-order valence-corrected chi connectivity index (χ2v) is 0. The molecule has 0 aliphatic heterocycles. The standard InChI is InChI=1S/4ClH.Na/h4*1H;. The van der Waals surface area contributed by atoms with Crippen LogP contribution in [0.4, 0.5) is 0 Å². The first-order valence-corrected chi connectivity index (χ1v) is 0. The van der Waals surface area contributed by atoms with Crippen molar-refractivity contribution < 1.29 is 0 Å². The summed E-state index contributed by atoms with van der Waals surface area (Å²) in [5, 5.41) is 0. The van der Waals surface area contributed by atoms with Gasteiger partial charge in [-0.25, -0.2) is 0 Å². The number of rotatable bonds is 0. The zero-order valence-corrected chi connectivity index (χ0v) is 7.90. The van der Waals surface area contributed by atoms with Crippen molar-refractivity contribution in [1.82, 2.24) is 0 Å². The third-order valence-electron chi connectivity index (χ3n) is 0. The molecule has 0 aromatic carbocycles. The molecule has 0 bridgehead atoms. The van der Waals surface area contributed by atoms with E-state index in [9.17, 15) is 0 Å². The van der Waals surface area contributed by atoms with Crippen LogP contribution in [0.1, 0.15) is 0 Å². The quantitative estimate of drug-likeness (QED) is 0.479. The van der Waals surface area contributed by atoms with Gasteiger partial charge in [0.2, 0.25) is 0 Å². The van der Waals surface area contributed by atoms with Gasteiger partial charge < -0.3 is 0 Å². The smallest absolute Gasteiger partial charge is 0 e. The predicted octanol–water partition coefficient (Wildman–Crippen LogP) is 1.31. The molecule has 1 radical (unpaired) electrons. The number of halogens is 4. The van der Waals surface area contributed by atoms with Gasteiger partial charge in [-0.15, -0.1) is 49.6 Å². The Bertz CT molecular complexity index is 3.61. The van der Waals surface area contributed by atoms with Gasteiger partial charge in [-0.1, -0.05) is 0 Å². The van der Waals surface area contributed by atoms with Gasteiger partial charge in [-0.2, -0.15) is 0 Å². The minimum Gasteiger partial charge on any atom is -0.147 e. The molecule has 0 unspecified atom stereocenters. The van der Waals surface area contributed by atoms with E-state index in [0.29, 0.717) is 0 Å². The van der Waals surface area contributed by atoms with E-state index in [4.69, 9.17) is 0 Å². The van der Waals surface area contributed by atoms with Gasteiger partial charge in [0, 0.05) is 29.6 Å². The van der Waals surface area contributed by atoms with Crippen molar-refractivity contribution >= 4 is 79.2 Å². The van der Waals surface area contributed by atoms with Crippen LogP contribution in [0.25, 0.3) is 0 Å². The molecule has 0 aromatic heterocycles. The average molecular weight is 169 g/mol. The van der Waals surface area contributed by atoms with Crippen LogP contribution in [0, 0.1) is 0 Å². The van der Waals surface area contributed by atoms with E-state index in [1.165, 1.54) is 0 Å². The Kier molecular flexibility index (Phi) is 409. The first-order valence-electron chi connectivity index (χ1n) is 0. The molecule has 0 amide bonds. The Hall–Kier alpha value is 2.16. The minimum absolute atomic E-state index is 0. The third-order valence-corrected chi connectivity index (χ3v) is 0. The van der Waals surface area contributed by atoms with E-state index in [1.54, 1.807) is 0 Å². The molecule has 0 fully saturated rings. The van der Waals surface area contributed by atoms with Gasteiger partial charge in [-0.05, 0) is 0 Å². The van der Waals surface area contributed by atoms with Crippen LogP contribution in [-0.4, -0.2) is 29.6 Å². The second kappa shape index (κ2) is 35.2. The van der Waals surface area contributed by atoms with Crippen molar-refractivity contribution in [2.45, 2.75) is 0 Å². The van der Waals surface area contributed by atoms with E-state index in [0.717, 1.165) is 0 Å². The molecule has 0 saturated carbocycles. The first-order chi connectivity index (χ1) is 0. The number of hydrogen-bond acceptors (Lipinski definition) is 0. The normalized spacial score (nSPS) is 0. The van der Waals surface area contributed by atoms with Gasteiger partial charge >= 0.3 is 0 Å². The molecule has 5 heavy (non-hydrogen) atoms. The molecule has 0 atom stereocenters. The van der Waals surface area contributed by atoms with Crippen molar-refractivity contribution in [3.8, 4) is 0 Å². The Morgan fingerprint density at radius 3 is 0.400 bits per heavy atom. The largest absolute Gasteiger partial charge is 0.147 e. The van der Waals surface area contributed by atoms with E-state index >= 15 is 0 Å². The summed E-state index contributed by atoms with van der Waals surface area (Å²) in [4.78, 5) is 0. The number of hydrogen-bond donors (Lipinski definition) is 0. The van der Waals surface area contributed by atoms with Crippen LogP contribution in [0.2, 0.25) is 0 Å². The van der Waals surface area contributed by atoms with Crippen LogP contribution in [0.3, 0.4) is 0 Å². The van der Waals surface area contributed by atoms with E-state index in [1.807, 2.05) is 0 Å². The molecule has 0 heterocycles. The van der Waals surface area contributed by atoms with Crippen LogP contribution in [0.15, 0.2) is 0 Å². The summed E-state index contributed by atoms with van der Waals surface area (Å²) in [6.07, 6.45) is 0. The van der Waals surface area contributed by atoms with E-state index in [-0.39, 0.29) is 79.2 Å². The molecule has 0 nitrogen and oxygen atoms in total. The topological polar surface area (TPSA) is 0 Å². The second-order valence-electron chi connectivity index (χ2n) is 0. The zero-order valence-electron chi connectivity index (χ0n) is 2.63. The molecule has 0 aliphatic rings. The molecule has 0 aromatic rings. The van der Waals surface area contributed by atoms with Crippen LogP contribution in [0.5, 0.6) is 0 Å². The maximum Gasteiger partial charge on any atom is 0 e. The molecule has 0 saturated heterocycles. The van der Waals surface area contributed by atoms with Gasteiger partial charge in [0.25, 0.3) is 0 Å². The Balaban J connectivity index is 0. The van der Waals surface area contributed by atoms with Gasteiger partial charge in [0.05, 0.1) is 0 Å². The first kappa shape index (κ1) is 58.2. The molecule has 0 aliphatic carbocycles. The summed E-state index contributed by atoms with van der Waals surface area (Å²) in [5.74, 6) is 0. The van der Waals surface area contributed by atoms with E-state index in [2.05, 4.69) is 0 Å². The molecule has 5 heteroatoms. The van der Waals surface area contributed by atoms with Crippen molar-refractivity contribution in [2.24, 2.45) is 0 Å². The monoisotopic (exact) mass is 167 g/mol. The predicted molar refractivity (Wildman–Crippen MR) is 34.7 cm³/mol. The molecular formula is H4Cl4Na. The molecule has 0 N–H and O–H groups in total. The fraction of sp³-hybridized carbons (Fsp3) is 0. The van der Waals surface area contributed by atoms with E-state index < -0.39 is 0 Å². The Morgan fingerprint density at radius 1 is 0.400 bits per heavy atom. The summed E-state index contributed by atoms with van der Waals surface area (Å²) in [6.45, 7) is 0. The summed E-state index contributed by atoms with van der Waals surface area (Å²) in [5.41, 5.74) is 0. The maximum atomic E-state index is 0. The molecule has 0 spiro atoms. The third kappa shape index (κ3) is 22.8. The molecular weight excluding hydrogens is 165 g/mol. The van der Waals surface area contributed by atoms with Gasteiger partial charge in [0.15, 0.2) is 0 Å². The van der Waals surface area contributed by atoms with Crippen molar-refractivity contribution in [1.29, 1.82) is 0 Å². The SMILES string of the molecule is Cl.Cl.Cl.Cl.[Na]. The van der Waals surface area contributed by atoms with Gasteiger partial charge in [0.1, 0.15) is 0 Å². The molecule has 33 valence electrons. The summed E-state index contributed by atoms with van der Waals surface area (Å²) < 4.78 is 0. The van der Waals surface area contributed by atoms with Crippen molar-refractivity contribution in [3.05, 3.63) is 0 Å². The molecule has 0 rings (SSSR count). The summed E-state index contributed by atoms with van der Waals surface area (Å²) in [7, 11) is 0. The maximum absolute atomic E-state index is 0. The van der Waals surface area contributed by atoms with Crippen molar-refractivity contribution in [3.63, 3.8) is 0 Å². The van der Waals surface area contributed by atoms with Gasteiger partial charge in [-0.3, -0.25) is 0 Å². The Morgan fingerprint density at radius 2 is 0.400 bits per heavy atom. The fourth-order valence-corrected chi connectivity index (χ4v) is 0. The van der Waals surface area contributed by atoms with Crippen LogP contribution >= 0.6 is 49.6 Å². The van der Waals surface area contributed by atoms with Crippen LogP contribution < -0.4 is 0 Å². The van der Waals surface area contributed by atoms with Crippen molar-refractivity contribution in [2.75, 3.05) is 0 Å². The zero-order chi connectivity index (χ0) is 0. The van der Waals surface area contributed by atoms with Crippen LogP contribution in [-0.2, 0) is 0 Å². The summed E-state index contributed by atoms with van der Waals surface area (Å²) in [6, 6.07) is 0. The minimum atomic E-state index is 0. The Labute approximate surface area is 78.4 Å². The summed E-state index contributed by atoms with van der Waals surface area (Å²) >= 11 is 0.